The molecule has 6 rings (SSSR count). The largest absolute Gasteiger partial charge is 0.492 e. The Hall–Kier alpha value is -4.14. The number of aromatic nitrogens is 3. The van der Waals surface area contributed by atoms with Crippen LogP contribution in [0.5, 0.6) is 11.6 Å². The molecule has 0 radical (unpaired) electrons. The molecule has 4 bridgehead atoms. The number of hydrogen-bond donors (Lipinski definition) is 3. The molecule has 0 aliphatic carbocycles. The van der Waals surface area contributed by atoms with Gasteiger partial charge in [0, 0.05) is 35.5 Å². The molecule has 8 nitrogen and oxygen atoms in total. The Morgan fingerprint density at radius 3 is 2.94 bits per heavy atom. The van der Waals surface area contributed by atoms with E-state index < -0.39 is 5.82 Å². The summed E-state index contributed by atoms with van der Waals surface area (Å²) in [4.78, 5) is 26.2. The molecule has 0 saturated heterocycles. The molecule has 0 spiro atoms. The Morgan fingerprint density at radius 1 is 1.19 bits per heavy atom. The maximum absolute atomic E-state index is 14.6. The van der Waals surface area contributed by atoms with Crippen LogP contribution in [0.1, 0.15) is 42.2 Å². The summed E-state index contributed by atoms with van der Waals surface area (Å²) in [6.07, 6.45) is 4.34. The van der Waals surface area contributed by atoms with E-state index in [1.54, 1.807) is 18.3 Å². The highest BCUT2D eigenvalue weighted by molar-refractivity contribution is 6.08. The van der Waals surface area contributed by atoms with Crippen molar-refractivity contribution in [2.45, 2.75) is 31.6 Å². The van der Waals surface area contributed by atoms with Crippen molar-refractivity contribution in [3.05, 3.63) is 59.7 Å². The third-order valence-electron chi connectivity index (χ3n) is 7.10. The minimum Gasteiger partial charge on any atom is -0.492 e. The number of nitrogens with one attached hydrogen (secondary N) is 3. The number of pyridine rings is 2. The van der Waals surface area contributed by atoms with Crippen LogP contribution in [0.25, 0.3) is 22.3 Å². The van der Waals surface area contributed by atoms with Crippen LogP contribution in [0.3, 0.4) is 0 Å². The molecular weight excluding hydrogens is 461 g/mol. The molecule has 5 heterocycles. The fourth-order valence-corrected chi connectivity index (χ4v) is 5.21. The number of para-hydroxylation sites is 1. The van der Waals surface area contributed by atoms with Gasteiger partial charge in [-0.2, -0.15) is 0 Å². The first kappa shape index (κ1) is 22.3. The molecule has 4 aromatic rings. The molecule has 184 valence electrons. The summed E-state index contributed by atoms with van der Waals surface area (Å²) in [7, 11) is 1.42. The van der Waals surface area contributed by atoms with Crippen LogP contribution >= 0.6 is 0 Å². The van der Waals surface area contributed by atoms with E-state index >= 15 is 0 Å². The molecule has 3 N–H and O–H groups in total. The first-order valence-electron chi connectivity index (χ1n) is 12.0. The van der Waals surface area contributed by atoms with E-state index in [2.05, 4.69) is 27.5 Å². The normalized spacial score (nSPS) is 19.0. The minimum atomic E-state index is -0.497. The maximum atomic E-state index is 14.6. The number of hydrogen-bond acceptors (Lipinski definition) is 6. The van der Waals surface area contributed by atoms with Crippen molar-refractivity contribution < 1.29 is 18.7 Å². The van der Waals surface area contributed by atoms with Gasteiger partial charge in [-0.25, -0.2) is 9.37 Å². The van der Waals surface area contributed by atoms with E-state index in [4.69, 9.17) is 14.5 Å². The Kier molecular flexibility index (Phi) is 5.28. The zero-order valence-corrected chi connectivity index (χ0v) is 20.1. The number of amides is 1. The molecule has 0 fully saturated rings. The highest BCUT2D eigenvalue weighted by Gasteiger charge is 2.40. The van der Waals surface area contributed by atoms with Gasteiger partial charge in [0.25, 0.3) is 5.91 Å². The Balaban J connectivity index is 1.66. The second-order valence-electron chi connectivity index (χ2n) is 9.50. The van der Waals surface area contributed by atoms with E-state index in [1.807, 2.05) is 18.2 Å². The molecule has 3 aromatic heterocycles. The van der Waals surface area contributed by atoms with Gasteiger partial charge in [0.2, 0.25) is 5.88 Å². The molecule has 9 heteroatoms. The lowest BCUT2D eigenvalue weighted by molar-refractivity contribution is 0.0924. The van der Waals surface area contributed by atoms with Gasteiger partial charge in [0.05, 0.1) is 41.9 Å². The Bertz CT molecular complexity index is 1500. The number of H-pyrrole nitrogens is 1. The predicted molar refractivity (Wildman–Crippen MR) is 135 cm³/mol. The summed E-state index contributed by atoms with van der Waals surface area (Å²) < 4.78 is 25.8. The number of ether oxygens (including phenoxy) is 2. The van der Waals surface area contributed by atoms with E-state index in [0.717, 1.165) is 30.5 Å². The van der Waals surface area contributed by atoms with Crippen molar-refractivity contribution in [2.24, 2.45) is 0 Å². The number of nitrogens with zero attached hydrogens (tertiary/aromatic N) is 2. The van der Waals surface area contributed by atoms with Crippen molar-refractivity contribution in [1.82, 2.24) is 20.3 Å². The topological polar surface area (TPSA) is 101 Å². The first-order valence-corrected chi connectivity index (χ1v) is 12.0. The maximum Gasteiger partial charge on any atom is 0.255 e. The number of fused-ring (bicyclic) bond motifs is 3. The molecule has 1 amide bonds. The summed E-state index contributed by atoms with van der Waals surface area (Å²) in [6.45, 7) is 3.23. The van der Waals surface area contributed by atoms with E-state index in [0.29, 0.717) is 52.7 Å². The van der Waals surface area contributed by atoms with Crippen molar-refractivity contribution in [3.63, 3.8) is 0 Å². The second kappa shape index (κ2) is 8.51. The molecule has 2 aliphatic heterocycles. The number of anilines is 2. The van der Waals surface area contributed by atoms with Crippen LogP contribution in [0.2, 0.25) is 0 Å². The summed E-state index contributed by atoms with van der Waals surface area (Å²) in [6, 6.07) is 10.2. The van der Waals surface area contributed by atoms with Gasteiger partial charge in [-0.1, -0.05) is 13.0 Å². The van der Waals surface area contributed by atoms with Gasteiger partial charge in [0.15, 0.2) is 11.6 Å². The number of carbonyl (C=O) groups excluding carboxylic acids is 1. The summed E-state index contributed by atoms with van der Waals surface area (Å²) >= 11 is 0. The van der Waals surface area contributed by atoms with Crippen molar-refractivity contribution in [2.75, 3.05) is 25.6 Å². The number of aromatic amines is 1. The number of halogens is 1. The summed E-state index contributed by atoms with van der Waals surface area (Å²) in [5.41, 5.74) is 4.76. The minimum absolute atomic E-state index is 0.0696. The van der Waals surface area contributed by atoms with Gasteiger partial charge < -0.3 is 25.1 Å². The van der Waals surface area contributed by atoms with Gasteiger partial charge in [-0.3, -0.25) is 9.78 Å². The Labute approximate surface area is 207 Å². The van der Waals surface area contributed by atoms with Crippen LogP contribution in [-0.2, 0) is 5.41 Å². The smallest absolute Gasteiger partial charge is 0.255 e. The van der Waals surface area contributed by atoms with E-state index in [1.165, 1.54) is 13.2 Å². The number of rotatable bonds is 3. The average Bonchev–Trinajstić information content (AvgIpc) is 3.26. The lowest BCUT2D eigenvalue weighted by Gasteiger charge is -2.34. The number of methoxy groups -OCH3 is 1. The molecule has 1 aromatic carbocycles. The van der Waals surface area contributed by atoms with Crippen molar-refractivity contribution >= 4 is 28.3 Å². The SMILES string of the molecule is COc1c(F)cccc1Nc1c2[nH]c3c1C(=O)NC[C@]3(C)CCCCOc1ccc3nccc-2c3n1. The molecule has 1 atom stereocenters. The van der Waals surface area contributed by atoms with E-state index in [9.17, 15) is 9.18 Å². The fraction of sp³-hybridized carbons (Fsp3) is 0.296. The lowest BCUT2D eigenvalue weighted by atomic mass is 9.77. The Morgan fingerprint density at radius 2 is 2.08 bits per heavy atom. The monoisotopic (exact) mass is 487 g/mol. The molecule has 0 saturated carbocycles. The zero-order chi connectivity index (χ0) is 24.9. The highest BCUT2D eigenvalue weighted by atomic mass is 19.1. The predicted octanol–water partition coefficient (Wildman–Crippen LogP) is 5.08. The summed E-state index contributed by atoms with van der Waals surface area (Å²) in [5.74, 6) is -0.0925. The molecule has 2 aliphatic rings. The van der Waals surface area contributed by atoms with Crippen LogP contribution < -0.4 is 20.1 Å². The highest BCUT2D eigenvalue weighted by Crippen LogP contribution is 2.45. The molecular formula is C27H26FN5O3. The standard InChI is InChI=1S/C27H26FN5O3/c1-27-11-3-4-13-36-19-9-8-17-21(32-19)15(10-12-29-17)22-23(20(25(27)33-22)26(34)30-14-27)31-18-7-5-6-16(28)24(18)35-2/h5-10,12,31,33H,3-4,11,13-14H2,1-2H3,(H,30,34)/t27-/m0/s1. The third-order valence-corrected chi connectivity index (χ3v) is 7.10. The zero-order valence-electron chi connectivity index (χ0n) is 20.1. The van der Waals surface area contributed by atoms with Crippen LogP contribution in [0, 0.1) is 5.82 Å². The summed E-state index contributed by atoms with van der Waals surface area (Å²) in [5, 5.41) is 6.39. The fourth-order valence-electron chi connectivity index (χ4n) is 5.21. The lowest BCUT2D eigenvalue weighted by Crippen LogP contribution is -2.45. The van der Waals surface area contributed by atoms with Crippen molar-refractivity contribution in [3.8, 4) is 22.9 Å². The van der Waals surface area contributed by atoms with Crippen LogP contribution in [0.4, 0.5) is 15.8 Å². The number of benzene rings is 1. The van der Waals surface area contributed by atoms with Gasteiger partial charge in [0.1, 0.15) is 5.52 Å². The van der Waals surface area contributed by atoms with Crippen LogP contribution in [0.15, 0.2) is 42.6 Å². The van der Waals surface area contributed by atoms with Gasteiger partial charge in [-0.15, -0.1) is 0 Å². The molecule has 0 unspecified atom stereocenters. The third kappa shape index (κ3) is 3.54. The van der Waals surface area contributed by atoms with Crippen molar-refractivity contribution in [1.29, 1.82) is 0 Å². The van der Waals surface area contributed by atoms with Gasteiger partial charge in [-0.05, 0) is 43.5 Å². The van der Waals surface area contributed by atoms with Crippen LogP contribution in [-0.4, -0.2) is 41.1 Å². The second-order valence-corrected chi connectivity index (χ2v) is 9.50. The average molecular weight is 488 g/mol. The van der Waals surface area contributed by atoms with Gasteiger partial charge >= 0.3 is 0 Å². The quantitative estimate of drug-likeness (QED) is 0.373. The first-order chi connectivity index (χ1) is 17.5. The number of carbonyl (C=O) groups is 1. The van der Waals surface area contributed by atoms with E-state index in [-0.39, 0.29) is 17.1 Å². The molecule has 36 heavy (non-hydrogen) atoms.